The molecule has 0 heterocycles. The number of aromatic carboxylic acids is 1. The van der Waals surface area contributed by atoms with Crippen LogP contribution in [0.3, 0.4) is 0 Å². The van der Waals surface area contributed by atoms with Crippen LogP contribution in [0.5, 0.6) is 0 Å². The van der Waals surface area contributed by atoms with Gasteiger partial charge in [0.25, 0.3) is 0 Å². The minimum absolute atomic E-state index is 0.00998. The van der Waals surface area contributed by atoms with Crippen LogP contribution in [0.25, 0.3) is 0 Å². The van der Waals surface area contributed by atoms with Crippen LogP contribution in [0.4, 0.5) is 15.8 Å². The molecule has 7 heteroatoms. The van der Waals surface area contributed by atoms with E-state index in [1.807, 2.05) is 6.92 Å². The highest BCUT2D eigenvalue weighted by Crippen LogP contribution is 2.25. The Balaban J connectivity index is 2.88. The average molecular weight is 283 g/mol. The molecule has 0 unspecified atom stereocenters. The summed E-state index contributed by atoms with van der Waals surface area (Å²) in [6.45, 7) is 2.51. The molecular formula is C13H18FN3O3. The molecule has 0 atom stereocenters. The molecule has 0 spiro atoms. The molecule has 0 aliphatic rings. The van der Waals surface area contributed by atoms with Gasteiger partial charge in [-0.25, -0.2) is 9.18 Å². The first-order valence-electron chi connectivity index (χ1n) is 6.17. The number of hydrogen-bond acceptors (Lipinski definition) is 4. The molecule has 6 nitrogen and oxygen atoms in total. The van der Waals surface area contributed by atoms with E-state index in [2.05, 4.69) is 5.32 Å². The molecule has 0 radical (unpaired) electrons. The SMILES string of the molecule is CCCNC(=O)CN(C)c1cc(F)c(C(=O)O)cc1N. The zero-order valence-electron chi connectivity index (χ0n) is 11.4. The van der Waals surface area contributed by atoms with Crippen LogP contribution in [0.2, 0.25) is 0 Å². The van der Waals surface area contributed by atoms with Crippen molar-refractivity contribution in [1.29, 1.82) is 0 Å². The van der Waals surface area contributed by atoms with Gasteiger partial charge in [0, 0.05) is 19.7 Å². The molecule has 1 amide bonds. The van der Waals surface area contributed by atoms with Crippen molar-refractivity contribution in [3.05, 3.63) is 23.5 Å². The maximum absolute atomic E-state index is 13.6. The van der Waals surface area contributed by atoms with Gasteiger partial charge in [-0.05, 0) is 12.5 Å². The van der Waals surface area contributed by atoms with Crippen molar-refractivity contribution in [3.8, 4) is 0 Å². The number of halogens is 1. The van der Waals surface area contributed by atoms with Crippen molar-refractivity contribution in [2.75, 3.05) is 30.8 Å². The molecule has 1 aromatic carbocycles. The van der Waals surface area contributed by atoms with Crippen LogP contribution < -0.4 is 16.0 Å². The van der Waals surface area contributed by atoms with Gasteiger partial charge in [0.2, 0.25) is 5.91 Å². The Hall–Kier alpha value is -2.31. The van der Waals surface area contributed by atoms with E-state index in [9.17, 15) is 14.0 Å². The molecule has 0 fully saturated rings. The number of likely N-dealkylation sites (N-methyl/N-ethyl adjacent to an activating group) is 1. The number of anilines is 2. The van der Waals surface area contributed by atoms with Crippen molar-refractivity contribution in [1.82, 2.24) is 5.32 Å². The van der Waals surface area contributed by atoms with Crippen LogP contribution in [0.15, 0.2) is 12.1 Å². The summed E-state index contributed by atoms with van der Waals surface area (Å²) in [5, 5.41) is 11.5. The smallest absolute Gasteiger partial charge is 0.338 e. The predicted molar refractivity (Wildman–Crippen MR) is 74.3 cm³/mol. The molecule has 0 aliphatic heterocycles. The molecule has 1 aromatic rings. The minimum Gasteiger partial charge on any atom is -0.478 e. The maximum Gasteiger partial charge on any atom is 0.338 e. The van der Waals surface area contributed by atoms with Gasteiger partial charge >= 0.3 is 5.97 Å². The largest absolute Gasteiger partial charge is 0.478 e. The van der Waals surface area contributed by atoms with E-state index in [1.165, 1.54) is 4.90 Å². The molecule has 0 saturated carbocycles. The number of benzene rings is 1. The van der Waals surface area contributed by atoms with Crippen molar-refractivity contribution in [2.24, 2.45) is 0 Å². The number of amides is 1. The standard InChI is InChI=1S/C13H18FN3O3/c1-3-4-16-12(18)7-17(2)11-6-9(14)8(13(19)20)5-10(11)15/h5-6H,3-4,7,15H2,1-2H3,(H,16,18)(H,19,20). The fourth-order valence-electron chi connectivity index (χ4n) is 1.69. The number of nitrogens with zero attached hydrogens (tertiary/aromatic N) is 1. The molecule has 0 aliphatic carbocycles. The lowest BCUT2D eigenvalue weighted by Crippen LogP contribution is -2.35. The van der Waals surface area contributed by atoms with Crippen molar-refractivity contribution >= 4 is 23.3 Å². The van der Waals surface area contributed by atoms with Crippen LogP contribution >= 0.6 is 0 Å². The molecule has 4 N–H and O–H groups in total. The normalized spacial score (nSPS) is 10.2. The van der Waals surface area contributed by atoms with Crippen LogP contribution in [-0.4, -0.2) is 37.1 Å². The Labute approximate surface area is 116 Å². The topological polar surface area (TPSA) is 95.7 Å². The molecule has 110 valence electrons. The van der Waals surface area contributed by atoms with E-state index in [1.54, 1.807) is 7.05 Å². The fraction of sp³-hybridized carbons (Fsp3) is 0.385. The molecule has 0 saturated heterocycles. The number of carbonyl (C=O) groups is 2. The number of nitrogens with two attached hydrogens (primary N) is 1. The third-order valence-electron chi connectivity index (χ3n) is 2.71. The fourth-order valence-corrected chi connectivity index (χ4v) is 1.69. The van der Waals surface area contributed by atoms with Crippen LogP contribution in [0.1, 0.15) is 23.7 Å². The van der Waals surface area contributed by atoms with Gasteiger partial charge in [-0.3, -0.25) is 4.79 Å². The van der Waals surface area contributed by atoms with Crippen LogP contribution in [0, 0.1) is 5.82 Å². The maximum atomic E-state index is 13.6. The first kappa shape index (κ1) is 15.7. The number of hydrogen-bond donors (Lipinski definition) is 3. The Morgan fingerprint density at radius 1 is 1.45 bits per heavy atom. The van der Waals surface area contributed by atoms with E-state index in [0.717, 1.165) is 18.6 Å². The van der Waals surface area contributed by atoms with E-state index < -0.39 is 17.3 Å². The lowest BCUT2D eigenvalue weighted by atomic mass is 10.1. The summed E-state index contributed by atoms with van der Waals surface area (Å²) in [5.41, 5.74) is 5.59. The molecule has 20 heavy (non-hydrogen) atoms. The van der Waals surface area contributed by atoms with E-state index in [4.69, 9.17) is 10.8 Å². The van der Waals surface area contributed by atoms with Crippen molar-refractivity contribution < 1.29 is 19.1 Å². The number of carbonyl (C=O) groups excluding carboxylic acids is 1. The summed E-state index contributed by atoms with van der Waals surface area (Å²) >= 11 is 0. The predicted octanol–water partition coefficient (Wildman–Crippen LogP) is 1.07. The highest BCUT2D eigenvalue weighted by Gasteiger charge is 2.17. The van der Waals surface area contributed by atoms with Gasteiger partial charge < -0.3 is 21.1 Å². The number of carboxylic acids is 1. The number of carboxylic acid groups (broad SMARTS) is 1. The molecule has 0 bridgehead atoms. The average Bonchev–Trinajstić information content (AvgIpc) is 2.38. The van der Waals surface area contributed by atoms with E-state index in [0.29, 0.717) is 6.54 Å². The van der Waals surface area contributed by atoms with Gasteiger partial charge in [0.15, 0.2) is 0 Å². The summed E-state index contributed by atoms with van der Waals surface area (Å²) in [6.07, 6.45) is 0.819. The quantitative estimate of drug-likeness (QED) is 0.679. The van der Waals surface area contributed by atoms with Crippen molar-refractivity contribution in [2.45, 2.75) is 13.3 Å². The van der Waals surface area contributed by atoms with Gasteiger partial charge in [0.05, 0.1) is 23.5 Å². The monoisotopic (exact) mass is 283 g/mol. The molecule has 0 aromatic heterocycles. The van der Waals surface area contributed by atoms with E-state index in [-0.39, 0.29) is 23.8 Å². The number of nitrogen functional groups attached to an aromatic ring is 1. The second-order valence-corrected chi connectivity index (χ2v) is 4.40. The zero-order valence-corrected chi connectivity index (χ0v) is 11.4. The van der Waals surface area contributed by atoms with Crippen LogP contribution in [-0.2, 0) is 4.79 Å². The molecule has 1 rings (SSSR count). The van der Waals surface area contributed by atoms with Gasteiger partial charge in [0.1, 0.15) is 5.82 Å². The zero-order chi connectivity index (χ0) is 15.3. The first-order valence-corrected chi connectivity index (χ1v) is 6.17. The number of rotatable bonds is 6. The van der Waals surface area contributed by atoms with Gasteiger partial charge in [-0.15, -0.1) is 0 Å². The number of nitrogens with one attached hydrogen (secondary N) is 1. The summed E-state index contributed by atoms with van der Waals surface area (Å²) < 4.78 is 13.6. The lowest BCUT2D eigenvalue weighted by Gasteiger charge is -2.21. The highest BCUT2D eigenvalue weighted by atomic mass is 19.1. The summed E-state index contributed by atoms with van der Waals surface area (Å²) in [4.78, 5) is 23.8. The Kier molecular flexibility index (Phi) is 5.31. The van der Waals surface area contributed by atoms with Gasteiger partial charge in [-0.1, -0.05) is 6.92 Å². The lowest BCUT2D eigenvalue weighted by molar-refractivity contribution is -0.119. The molecular weight excluding hydrogens is 265 g/mol. The first-order chi connectivity index (χ1) is 9.36. The minimum atomic E-state index is -1.39. The summed E-state index contributed by atoms with van der Waals surface area (Å²) in [5.74, 6) is -2.48. The second kappa shape index (κ2) is 6.74. The highest BCUT2D eigenvalue weighted by molar-refractivity contribution is 5.91. The second-order valence-electron chi connectivity index (χ2n) is 4.40. The Morgan fingerprint density at radius 3 is 2.65 bits per heavy atom. The van der Waals surface area contributed by atoms with Crippen molar-refractivity contribution in [3.63, 3.8) is 0 Å². The van der Waals surface area contributed by atoms with Gasteiger partial charge in [-0.2, -0.15) is 0 Å². The third kappa shape index (κ3) is 3.84. The summed E-state index contributed by atoms with van der Waals surface area (Å²) in [7, 11) is 1.58. The third-order valence-corrected chi connectivity index (χ3v) is 2.71. The Morgan fingerprint density at radius 2 is 2.10 bits per heavy atom. The Bertz CT molecular complexity index is 520. The van der Waals surface area contributed by atoms with E-state index >= 15 is 0 Å². The summed E-state index contributed by atoms with van der Waals surface area (Å²) in [6, 6.07) is 2.07.